The summed E-state index contributed by atoms with van der Waals surface area (Å²) in [6.45, 7) is 0. The van der Waals surface area contributed by atoms with Crippen LogP contribution in [0.25, 0.3) is 10.9 Å². The van der Waals surface area contributed by atoms with Crippen LogP contribution in [0.2, 0.25) is 0 Å². The molecule has 1 aromatic heterocycles. The van der Waals surface area contributed by atoms with Crippen molar-refractivity contribution in [3.63, 3.8) is 0 Å². The van der Waals surface area contributed by atoms with E-state index in [1.807, 2.05) is 60.7 Å². The number of pyridine rings is 1. The van der Waals surface area contributed by atoms with Crippen LogP contribution in [0.1, 0.15) is 37.9 Å². The fourth-order valence-corrected chi connectivity index (χ4v) is 3.73. The molecule has 30 heavy (non-hydrogen) atoms. The van der Waals surface area contributed by atoms with Gasteiger partial charge in [0, 0.05) is 17.4 Å². The Hall–Kier alpha value is -3.99. The summed E-state index contributed by atoms with van der Waals surface area (Å²) in [5.74, 6) is -0.610. The third-order valence-corrected chi connectivity index (χ3v) is 5.26. The molecule has 5 nitrogen and oxygen atoms in total. The number of hydrogen-bond donors (Lipinski definition) is 1. The molecule has 3 aromatic carbocycles. The van der Waals surface area contributed by atoms with Crippen molar-refractivity contribution < 1.29 is 14.3 Å². The molecule has 1 unspecified atom stereocenters. The molecule has 0 saturated heterocycles. The number of hydrogen-bond acceptors (Lipinski definition) is 4. The number of cyclic esters (lactones) is 1. The van der Waals surface area contributed by atoms with Crippen molar-refractivity contribution in [1.29, 1.82) is 0 Å². The van der Waals surface area contributed by atoms with Gasteiger partial charge in [-0.2, -0.15) is 0 Å². The first kappa shape index (κ1) is 18.1. The molecule has 146 valence electrons. The second kappa shape index (κ2) is 7.44. The number of anilines is 1. The van der Waals surface area contributed by atoms with Crippen LogP contribution in [-0.2, 0) is 11.2 Å². The fraction of sp³-hybridized carbons (Fsp3) is 0.0800. The minimum Gasteiger partial charge on any atom is -0.454 e. The van der Waals surface area contributed by atoms with Gasteiger partial charge in [-0.1, -0.05) is 48.5 Å². The van der Waals surface area contributed by atoms with Crippen molar-refractivity contribution in [2.24, 2.45) is 0 Å². The lowest BCUT2D eigenvalue weighted by Crippen LogP contribution is -2.23. The highest BCUT2D eigenvalue weighted by Crippen LogP contribution is 2.31. The van der Waals surface area contributed by atoms with Crippen LogP contribution < -0.4 is 5.32 Å². The number of fused-ring (bicyclic) bond motifs is 2. The van der Waals surface area contributed by atoms with Gasteiger partial charge < -0.3 is 10.1 Å². The number of esters is 1. The molecule has 0 radical (unpaired) electrons. The highest BCUT2D eigenvalue weighted by molar-refractivity contribution is 6.06. The van der Waals surface area contributed by atoms with E-state index in [2.05, 4.69) is 10.3 Å². The number of aromatic nitrogens is 1. The van der Waals surface area contributed by atoms with Gasteiger partial charge in [0.2, 0.25) is 0 Å². The number of nitrogens with one attached hydrogen (secondary N) is 1. The van der Waals surface area contributed by atoms with Crippen molar-refractivity contribution in [1.82, 2.24) is 4.98 Å². The SMILES string of the molecule is O=C(Nc1cnc2ccccc2c1)c1ccc2c(c1)CC(c1ccccc1)OC2=O. The summed E-state index contributed by atoms with van der Waals surface area (Å²) >= 11 is 0. The van der Waals surface area contributed by atoms with Crippen LogP contribution in [0.5, 0.6) is 0 Å². The first-order valence-corrected chi connectivity index (χ1v) is 9.72. The highest BCUT2D eigenvalue weighted by atomic mass is 16.5. The summed E-state index contributed by atoms with van der Waals surface area (Å²) < 4.78 is 5.59. The summed E-state index contributed by atoms with van der Waals surface area (Å²) in [5, 5.41) is 3.85. The lowest BCUT2D eigenvalue weighted by molar-refractivity contribution is 0.0252. The van der Waals surface area contributed by atoms with Crippen molar-refractivity contribution in [2.45, 2.75) is 12.5 Å². The van der Waals surface area contributed by atoms with E-state index in [-0.39, 0.29) is 18.0 Å². The van der Waals surface area contributed by atoms with Crippen LogP contribution in [0.3, 0.4) is 0 Å². The molecular weight excluding hydrogens is 376 g/mol. The molecule has 1 amide bonds. The first-order valence-electron chi connectivity index (χ1n) is 9.72. The van der Waals surface area contributed by atoms with Gasteiger partial charge in [0.1, 0.15) is 6.10 Å². The van der Waals surface area contributed by atoms with Gasteiger partial charge in [0.15, 0.2) is 0 Å². The molecule has 5 heteroatoms. The van der Waals surface area contributed by atoms with Crippen LogP contribution in [0.4, 0.5) is 5.69 Å². The largest absolute Gasteiger partial charge is 0.454 e. The van der Waals surface area contributed by atoms with Crippen LogP contribution in [0.15, 0.2) is 85.1 Å². The number of benzene rings is 3. The number of ether oxygens (including phenoxy) is 1. The minimum absolute atomic E-state index is 0.245. The van der Waals surface area contributed by atoms with Crippen LogP contribution >= 0.6 is 0 Å². The lowest BCUT2D eigenvalue weighted by Gasteiger charge is -2.25. The van der Waals surface area contributed by atoms with E-state index in [0.717, 1.165) is 22.0 Å². The average Bonchev–Trinajstić information content (AvgIpc) is 2.79. The molecule has 0 spiro atoms. The first-order chi connectivity index (χ1) is 14.7. The third-order valence-electron chi connectivity index (χ3n) is 5.26. The Kier molecular flexibility index (Phi) is 4.48. The normalized spacial score (nSPS) is 15.3. The molecule has 5 rings (SSSR count). The smallest absolute Gasteiger partial charge is 0.339 e. The Balaban J connectivity index is 1.40. The second-order valence-corrected chi connectivity index (χ2v) is 7.25. The van der Waals surface area contributed by atoms with Crippen molar-refractivity contribution in [2.75, 3.05) is 5.32 Å². The van der Waals surface area contributed by atoms with Crippen molar-refractivity contribution >= 4 is 28.5 Å². The molecule has 2 heterocycles. The van der Waals surface area contributed by atoms with E-state index in [0.29, 0.717) is 23.2 Å². The van der Waals surface area contributed by atoms with E-state index in [1.165, 1.54) is 0 Å². The number of rotatable bonds is 3. The Morgan fingerprint density at radius 2 is 1.77 bits per heavy atom. The van der Waals surface area contributed by atoms with Gasteiger partial charge in [-0.15, -0.1) is 0 Å². The van der Waals surface area contributed by atoms with E-state index < -0.39 is 0 Å². The van der Waals surface area contributed by atoms with Crippen molar-refractivity contribution in [3.8, 4) is 0 Å². The van der Waals surface area contributed by atoms with Gasteiger partial charge >= 0.3 is 5.97 Å². The standard InChI is InChI=1S/C25H18N2O3/c28-24(27-20-13-17-8-4-5-9-22(17)26-15-20)18-10-11-21-19(12-18)14-23(30-25(21)29)16-6-2-1-3-7-16/h1-13,15,23H,14H2,(H,27,28). The van der Waals surface area contributed by atoms with Crippen LogP contribution in [-0.4, -0.2) is 16.9 Å². The third kappa shape index (κ3) is 3.42. The lowest BCUT2D eigenvalue weighted by atomic mass is 9.93. The summed E-state index contributed by atoms with van der Waals surface area (Å²) in [6, 6.07) is 24.3. The second-order valence-electron chi connectivity index (χ2n) is 7.25. The van der Waals surface area contributed by atoms with Crippen molar-refractivity contribution in [3.05, 3.63) is 107 Å². The van der Waals surface area contributed by atoms with Gasteiger partial charge in [0.25, 0.3) is 5.91 Å². The number of amides is 1. The monoisotopic (exact) mass is 394 g/mol. The zero-order valence-electron chi connectivity index (χ0n) is 16.0. The zero-order chi connectivity index (χ0) is 20.5. The van der Waals surface area contributed by atoms with Crippen LogP contribution in [0, 0.1) is 0 Å². The van der Waals surface area contributed by atoms with Gasteiger partial charge in [-0.3, -0.25) is 9.78 Å². The molecule has 0 aliphatic carbocycles. The molecule has 0 fully saturated rings. The van der Waals surface area contributed by atoms with E-state index in [9.17, 15) is 9.59 Å². The van der Waals surface area contributed by atoms with E-state index in [4.69, 9.17) is 4.74 Å². The Morgan fingerprint density at radius 3 is 2.63 bits per heavy atom. The van der Waals surface area contributed by atoms with Gasteiger partial charge in [-0.05, 0) is 41.5 Å². The fourth-order valence-electron chi connectivity index (χ4n) is 3.73. The Labute approximate surface area is 173 Å². The summed E-state index contributed by atoms with van der Waals surface area (Å²) in [5.41, 5.74) is 4.24. The molecule has 1 N–H and O–H groups in total. The van der Waals surface area contributed by atoms with E-state index >= 15 is 0 Å². The summed E-state index contributed by atoms with van der Waals surface area (Å²) in [7, 11) is 0. The van der Waals surface area contributed by atoms with E-state index in [1.54, 1.807) is 24.4 Å². The highest BCUT2D eigenvalue weighted by Gasteiger charge is 2.28. The number of nitrogens with zero attached hydrogens (tertiary/aromatic N) is 1. The summed E-state index contributed by atoms with van der Waals surface area (Å²) in [6.07, 6.45) is 1.82. The molecule has 1 aliphatic rings. The van der Waals surface area contributed by atoms with Gasteiger partial charge in [-0.25, -0.2) is 4.79 Å². The zero-order valence-corrected chi connectivity index (χ0v) is 16.0. The average molecular weight is 394 g/mol. The Morgan fingerprint density at radius 1 is 0.967 bits per heavy atom. The predicted octanol–water partition coefficient (Wildman–Crippen LogP) is 4.94. The maximum Gasteiger partial charge on any atom is 0.339 e. The quantitative estimate of drug-likeness (QED) is 0.500. The maximum absolute atomic E-state index is 12.8. The maximum atomic E-state index is 12.8. The molecule has 0 bridgehead atoms. The molecule has 1 aliphatic heterocycles. The number of carbonyl (C=O) groups excluding carboxylic acids is 2. The number of para-hydroxylation sites is 1. The molecular formula is C25H18N2O3. The predicted molar refractivity (Wildman–Crippen MR) is 114 cm³/mol. The Bertz CT molecular complexity index is 1270. The molecule has 1 atom stereocenters. The molecule has 4 aromatic rings. The molecule has 0 saturated carbocycles. The number of carbonyl (C=O) groups is 2. The minimum atomic E-state index is -0.365. The topological polar surface area (TPSA) is 68.3 Å². The summed E-state index contributed by atoms with van der Waals surface area (Å²) in [4.78, 5) is 29.6. The van der Waals surface area contributed by atoms with Gasteiger partial charge in [0.05, 0.1) is 23.0 Å².